The molecular weight excluding hydrogens is 266 g/mol. The Morgan fingerprint density at radius 3 is 2.79 bits per heavy atom. The maximum atomic E-state index is 11.8. The molecule has 2 N–H and O–H groups in total. The highest BCUT2D eigenvalue weighted by atomic mass is 35.5. The number of amides is 1. The summed E-state index contributed by atoms with van der Waals surface area (Å²) in [6.45, 7) is 5.23. The highest BCUT2D eigenvalue weighted by Gasteiger charge is 2.10. The van der Waals surface area contributed by atoms with Gasteiger partial charge in [-0.2, -0.15) is 0 Å². The summed E-state index contributed by atoms with van der Waals surface area (Å²) in [5.74, 6) is -0.396. The smallest absolute Gasteiger partial charge is 0.255 e. The number of hydrogen-bond acceptors (Lipinski definition) is 3. The normalized spacial score (nSPS) is 10.7. The molecule has 0 radical (unpaired) electrons. The second kappa shape index (κ2) is 8.02. The summed E-state index contributed by atoms with van der Waals surface area (Å²) in [5, 5.41) is 12.8. The van der Waals surface area contributed by atoms with Crippen LogP contribution in [0.1, 0.15) is 37.0 Å². The van der Waals surface area contributed by atoms with Gasteiger partial charge in [0.05, 0.1) is 11.7 Å². The van der Waals surface area contributed by atoms with Crippen molar-refractivity contribution in [3.8, 4) is 5.75 Å². The van der Waals surface area contributed by atoms with Crippen LogP contribution in [-0.2, 0) is 4.74 Å². The van der Waals surface area contributed by atoms with E-state index in [1.54, 1.807) is 6.07 Å². The van der Waals surface area contributed by atoms with Crippen molar-refractivity contribution < 1.29 is 14.6 Å². The second-order valence-electron chi connectivity index (χ2n) is 4.54. The lowest BCUT2D eigenvalue weighted by atomic mass is 10.2. The van der Waals surface area contributed by atoms with E-state index in [-0.39, 0.29) is 23.3 Å². The summed E-state index contributed by atoms with van der Waals surface area (Å²) in [7, 11) is 0. The summed E-state index contributed by atoms with van der Waals surface area (Å²) < 4.78 is 5.40. The zero-order valence-corrected chi connectivity index (χ0v) is 12.0. The van der Waals surface area contributed by atoms with E-state index in [9.17, 15) is 9.90 Å². The van der Waals surface area contributed by atoms with Gasteiger partial charge in [0.25, 0.3) is 5.91 Å². The Morgan fingerprint density at radius 1 is 1.42 bits per heavy atom. The van der Waals surface area contributed by atoms with Gasteiger partial charge in [0, 0.05) is 18.2 Å². The lowest BCUT2D eigenvalue weighted by Crippen LogP contribution is -2.24. The Labute approximate surface area is 118 Å². The predicted octanol–water partition coefficient (Wildman–Crippen LogP) is 2.98. The van der Waals surface area contributed by atoms with Crippen molar-refractivity contribution >= 4 is 17.5 Å². The molecule has 1 aromatic rings. The molecule has 0 atom stereocenters. The molecule has 0 unspecified atom stereocenters. The van der Waals surface area contributed by atoms with Crippen LogP contribution in [0.15, 0.2) is 18.2 Å². The average Bonchev–Trinajstić information content (AvgIpc) is 2.32. The number of unbranched alkanes of at least 4 members (excludes halogenated alkanes) is 1. The van der Waals surface area contributed by atoms with Gasteiger partial charge in [-0.3, -0.25) is 4.79 Å². The molecule has 0 saturated heterocycles. The first-order chi connectivity index (χ1) is 9.00. The topological polar surface area (TPSA) is 58.6 Å². The van der Waals surface area contributed by atoms with Crippen molar-refractivity contribution in [2.24, 2.45) is 0 Å². The van der Waals surface area contributed by atoms with Gasteiger partial charge in [0.1, 0.15) is 5.75 Å². The average molecular weight is 286 g/mol. The Hall–Kier alpha value is -1.26. The number of carbonyl (C=O) groups excluding carboxylic acids is 1. The number of hydrogen-bond donors (Lipinski definition) is 2. The third kappa shape index (κ3) is 5.94. The molecule has 0 aliphatic rings. The van der Waals surface area contributed by atoms with E-state index >= 15 is 0 Å². The van der Waals surface area contributed by atoms with Gasteiger partial charge < -0.3 is 15.2 Å². The third-order valence-corrected chi connectivity index (χ3v) is 2.75. The lowest BCUT2D eigenvalue weighted by Gasteiger charge is -2.08. The molecule has 0 bridgehead atoms. The van der Waals surface area contributed by atoms with Crippen molar-refractivity contribution in [1.82, 2.24) is 5.32 Å². The van der Waals surface area contributed by atoms with Gasteiger partial charge in [0.2, 0.25) is 0 Å². The van der Waals surface area contributed by atoms with Crippen LogP contribution in [0.4, 0.5) is 0 Å². The summed E-state index contributed by atoms with van der Waals surface area (Å²) in [4.78, 5) is 11.8. The summed E-state index contributed by atoms with van der Waals surface area (Å²) in [5.41, 5.74) is 0.239. The fourth-order valence-corrected chi connectivity index (χ4v) is 1.71. The molecule has 1 rings (SSSR count). The van der Waals surface area contributed by atoms with Gasteiger partial charge in [-0.15, -0.1) is 0 Å². The van der Waals surface area contributed by atoms with Crippen molar-refractivity contribution in [3.05, 3.63) is 28.8 Å². The van der Waals surface area contributed by atoms with Crippen LogP contribution in [-0.4, -0.2) is 30.3 Å². The molecule has 106 valence electrons. The summed E-state index contributed by atoms with van der Waals surface area (Å²) >= 11 is 5.70. The Bertz CT molecular complexity index is 421. The molecule has 0 aromatic heterocycles. The highest BCUT2D eigenvalue weighted by Crippen LogP contribution is 2.21. The molecule has 0 aliphatic heterocycles. The molecule has 0 heterocycles. The van der Waals surface area contributed by atoms with E-state index in [1.165, 1.54) is 12.1 Å². The van der Waals surface area contributed by atoms with Gasteiger partial charge >= 0.3 is 0 Å². The van der Waals surface area contributed by atoms with E-state index in [0.717, 1.165) is 12.8 Å². The molecule has 4 nitrogen and oxygen atoms in total. The molecule has 5 heteroatoms. The largest absolute Gasteiger partial charge is 0.507 e. The standard InChI is InChI=1S/C14H20ClNO3/c1-10(2)19-8-4-3-7-16-14(18)12-6-5-11(15)9-13(12)17/h5-6,9-10,17H,3-4,7-8H2,1-2H3,(H,16,18). The van der Waals surface area contributed by atoms with E-state index in [4.69, 9.17) is 16.3 Å². The molecular formula is C14H20ClNO3. The highest BCUT2D eigenvalue weighted by molar-refractivity contribution is 6.30. The first-order valence-electron chi connectivity index (χ1n) is 6.39. The second-order valence-corrected chi connectivity index (χ2v) is 4.98. The molecule has 0 spiro atoms. The molecule has 0 aliphatic carbocycles. The van der Waals surface area contributed by atoms with Gasteiger partial charge in [-0.05, 0) is 44.9 Å². The SMILES string of the molecule is CC(C)OCCCCNC(=O)c1ccc(Cl)cc1O. The summed E-state index contributed by atoms with van der Waals surface area (Å²) in [6.07, 6.45) is 1.97. The zero-order valence-electron chi connectivity index (χ0n) is 11.3. The molecule has 0 fully saturated rings. The maximum absolute atomic E-state index is 11.8. The monoisotopic (exact) mass is 285 g/mol. The number of aromatic hydroxyl groups is 1. The predicted molar refractivity (Wildman–Crippen MR) is 75.8 cm³/mol. The van der Waals surface area contributed by atoms with Crippen molar-refractivity contribution in [1.29, 1.82) is 0 Å². The minimum atomic E-state index is -0.293. The van der Waals surface area contributed by atoms with E-state index in [0.29, 0.717) is 18.2 Å². The summed E-state index contributed by atoms with van der Waals surface area (Å²) in [6, 6.07) is 4.44. The molecule has 1 aromatic carbocycles. The number of ether oxygens (including phenoxy) is 1. The van der Waals surface area contributed by atoms with Gasteiger partial charge in [-0.25, -0.2) is 0 Å². The van der Waals surface area contributed by atoms with Crippen LogP contribution < -0.4 is 5.32 Å². The molecule has 19 heavy (non-hydrogen) atoms. The number of rotatable bonds is 7. The van der Waals surface area contributed by atoms with Gasteiger partial charge in [0.15, 0.2) is 0 Å². The van der Waals surface area contributed by atoms with Gasteiger partial charge in [-0.1, -0.05) is 11.6 Å². The van der Waals surface area contributed by atoms with Crippen molar-refractivity contribution in [2.45, 2.75) is 32.8 Å². The Balaban J connectivity index is 2.28. The minimum Gasteiger partial charge on any atom is -0.507 e. The fraction of sp³-hybridized carbons (Fsp3) is 0.500. The first kappa shape index (κ1) is 15.8. The number of phenols is 1. The molecule has 1 amide bonds. The number of phenolic OH excluding ortho intramolecular Hbond substituents is 1. The minimum absolute atomic E-state index is 0.104. The van der Waals surface area contributed by atoms with E-state index < -0.39 is 0 Å². The van der Waals surface area contributed by atoms with Crippen molar-refractivity contribution in [2.75, 3.05) is 13.2 Å². The number of halogens is 1. The Kier molecular flexibility index (Phi) is 6.67. The zero-order chi connectivity index (χ0) is 14.3. The van der Waals surface area contributed by atoms with E-state index in [2.05, 4.69) is 5.32 Å². The van der Waals surface area contributed by atoms with Crippen LogP contribution in [0, 0.1) is 0 Å². The van der Waals surface area contributed by atoms with Crippen LogP contribution in [0.3, 0.4) is 0 Å². The first-order valence-corrected chi connectivity index (χ1v) is 6.77. The maximum Gasteiger partial charge on any atom is 0.255 e. The molecule has 0 saturated carbocycles. The van der Waals surface area contributed by atoms with Crippen LogP contribution in [0.5, 0.6) is 5.75 Å². The van der Waals surface area contributed by atoms with Crippen LogP contribution in [0.2, 0.25) is 5.02 Å². The fourth-order valence-electron chi connectivity index (χ4n) is 1.54. The number of nitrogens with one attached hydrogen (secondary N) is 1. The number of benzene rings is 1. The quantitative estimate of drug-likeness (QED) is 0.757. The van der Waals surface area contributed by atoms with Crippen LogP contribution >= 0.6 is 11.6 Å². The van der Waals surface area contributed by atoms with Crippen LogP contribution in [0.25, 0.3) is 0 Å². The third-order valence-electron chi connectivity index (χ3n) is 2.51. The number of carbonyl (C=O) groups is 1. The Morgan fingerprint density at radius 2 is 2.16 bits per heavy atom. The lowest BCUT2D eigenvalue weighted by molar-refractivity contribution is 0.0754. The van der Waals surface area contributed by atoms with Crippen molar-refractivity contribution in [3.63, 3.8) is 0 Å². The van der Waals surface area contributed by atoms with E-state index in [1.807, 2.05) is 13.8 Å².